The summed E-state index contributed by atoms with van der Waals surface area (Å²) in [6, 6.07) is 10.7. The smallest absolute Gasteiger partial charge is 0.134 e. The molecule has 0 saturated carbocycles. The van der Waals surface area contributed by atoms with Gasteiger partial charge in [-0.05, 0) is 69.4 Å². The Morgan fingerprint density at radius 2 is 1.92 bits per heavy atom. The van der Waals surface area contributed by atoms with E-state index in [2.05, 4.69) is 11.9 Å². The summed E-state index contributed by atoms with van der Waals surface area (Å²) in [6.45, 7) is 2.15. The Balaban J connectivity index is 1.77. The molecule has 1 atom stereocenters. The number of likely N-dealkylation sites (tertiary alicyclic amines) is 1. The Bertz CT molecular complexity index is 761. The molecule has 2 heterocycles. The van der Waals surface area contributed by atoms with Gasteiger partial charge >= 0.3 is 0 Å². The lowest BCUT2D eigenvalue weighted by Gasteiger charge is -2.34. The number of ether oxygens (including phenoxy) is 1. The number of hydrogen-bond donors (Lipinski definition) is 0. The highest BCUT2D eigenvalue weighted by atomic mass is 35.5. The summed E-state index contributed by atoms with van der Waals surface area (Å²) < 4.78 is 20.1. The van der Waals surface area contributed by atoms with E-state index in [1.807, 2.05) is 18.2 Å². The molecule has 0 N–H and O–H groups in total. The van der Waals surface area contributed by atoms with E-state index in [4.69, 9.17) is 16.3 Å². The summed E-state index contributed by atoms with van der Waals surface area (Å²) in [6.07, 6.45) is 2.15. The van der Waals surface area contributed by atoms with Crippen molar-refractivity contribution in [3.05, 3.63) is 52.8 Å². The van der Waals surface area contributed by atoms with E-state index < -0.39 is 0 Å². The molecule has 0 amide bonds. The molecule has 126 valence electrons. The molecule has 1 saturated heterocycles. The molecule has 2 aromatic carbocycles. The van der Waals surface area contributed by atoms with Crippen LogP contribution in [0.5, 0.6) is 5.75 Å². The van der Waals surface area contributed by atoms with Crippen molar-refractivity contribution in [1.29, 1.82) is 0 Å². The predicted molar refractivity (Wildman–Crippen MR) is 95.6 cm³/mol. The van der Waals surface area contributed by atoms with Crippen LogP contribution >= 0.6 is 23.4 Å². The molecule has 1 fully saturated rings. The van der Waals surface area contributed by atoms with E-state index in [1.165, 1.54) is 6.07 Å². The molecule has 2 aliphatic heterocycles. The maximum atomic E-state index is 13.7. The predicted octanol–water partition coefficient (Wildman–Crippen LogP) is 5.41. The van der Waals surface area contributed by atoms with Crippen molar-refractivity contribution in [3.63, 3.8) is 0 Å². The summed E-state index contributed by atoms with van der Waals surface area (Å²) in [7, 11) is 2.16. The van der Waals surface area contributed by atoms with Gasteiger partial charge in [-0.2, -0.15) is 0 Å². The van der Waals surface area contributed by atoms with Crippen LogP contribution in [0, 0.1) is 11.7 Å². The summed E-state index contributed by atoms with van der Waals surface area (Å²) in [5.41, 5.74) is 1.12. The van der Waals surface area contributed by atoms with E-state index in [0.717, 1.165) is 47.0 Å². The summed E-state index contributed by atoms with van der Waals surface area (Å²) in [4.78, 5) is 4.28. The fraction of sp³-hybridized carbons (Fsp3) is 0.368. The zero-order valence-electron chi connectivity index (χ0n) is 13.5. The van der Waals surface area contributed by atoms with Gasteiger partial charge in [0.25, 0.3) is 0 Å². The Labute approximate surface area is 150 Å². The molecule has 2 nitrogen and oxygen atoms in total. The van der Waals surface area contributed by atoms with Gasteiger partial charge in [0, 0.05) is 21.4 Å². The molecule has 0 bridgehead atoms. The molecule has 2 aromatic rings. The van der Waals surface area contributed by atoms with Gasteiger partial charge in [0.05, 0.1) is 4.90 Å². The first-order valence-corrected chi connectivity index (χ1v) is 9.41. The fourth-order valence-corrected chi connectivity index (χ4v) is 4.73. The van der Waals surface area contributed by atoms with Crippen LogP contribution in [0.15, 0.2) is 46.2 Å². The lowest BCUT2D eigenvalue weighted by atomic mass is 9.87. The van der Waals surface area contributed by atoms with Crippen molar-refractivity contribution in [3.8, 4) is 5.75 Å². The lowest BCUT2D eigenvalue weighted by molar-refractivity contribution is 0.0817. The second kappa shape index (κ2) is 6.58. The van der Waals surface area contributed by atoms with Crippen molar-refractivity contribution < 1.29 is 9.13 Å². The largest absolute Gasteiger partial charge is 0.484 e. The van der Waals surface area contributed by atoms with Crippen LogP contribution in [0.25, 0.3) is 0 Å². The number of rotatable bonds is 1. The van der Waals surface area contributed by atoms with E-state index in [0.29, 0.717) is 10.9 Å². The number of piperidine rings is 1. The van der Waals surface area contributed by atoms with Crippen LogP contribution in [-0.4, -0.2) is 25.0 Å². The molecule has 0 aromatic heterocycles. The van der Waals surface area contributed by atoms with Crippen molar-refractivity contribution in [1.82, 2.24) is 4.90 Å². The number of halogens is 2. The highest BCUT2D eigenvalue weighted by Gasteiger charge is 2.33. The van der Waals surface area contributed by atoms with Crippen molar-refractivity contribution in [2.75, 3.05) is 20.1 Å². The maximum absolute atomic E-state index is 13.7. The number of hydrogen-bond acceptors (Lipinski definition) is 3. The Morgan fingerprint density at radius 3 is 2.71 bits per heavy atom. The third-order valence-electron chi connectivity index (χ3n) is 4.85. The quantitative estimate of drug-likeness (QED) is 0.672. The minimum atomic E-state index is -0.238. The van der Waals surface area contributed by atoms with E-state index in [-0.39, 0.29) is 11.9 Å². The zero-order valence-corrected chi connectivity index (χ0v) is 15.0. The molecule has 5 heteroatoms. The minimum Gasteiger partial charge on any atom is -0.484 e. The minimum absolute atomic E-state index is 0.0355. The molecule has 4 rings (SSSR count). The van der Waals surface area contributed by atoms with Crippen molar-refractivity contribution in [2.45, 2.75) is 28.7 Å². The van der Waals surface area contributed by atoms with E-state index >= 15 is 0 Å². The summed E-state index contributed by atoms with van der Waals surface area (Å²) in [5, 5.41) is 0.716. The maximum Gasteiger partial charge on any atom is 0.134 e. The fourth-order valence-electron chi connectivity index (χ4n) is 3.49. The summed E-state index contributed by atoms with van der Waals surface area (Å²) in [5.74, 6) is 0.964. The normalized spacial score (nSPS) is 21.5. The standard InChI is InChI=1S/C19H19ClFNOS/c1-22-8-6-12(7-9-22)19-15-10-13(20)2-5-17(15)24-18-11-14(21)3-4-16(18)23-19/h2-5,10-12,19H,6-9H2,1H3/t19-/m0/s1. The Kier molecular flexibility index (Phi) is 4.46. The van der Waals surface area contributed by atoms with Crippen molar-refractivity contribution in [2.24, 2.45) is 5.92 Å². The molecule has 2 aliphatic rings. The van der Waals surface area contributed by atoms with Gasteiger partial charge in [-0.25, -0.2) is 4.39 Å². The van der Waals surface area contributed by atoms with E-state index in [1.54, 1.807) is 23.9 Å². The van der Waals surface area contributed by atoms with Crippen LogP contribution in [0.1, 0.15) is 24.5 Å². The van der Waals surface area contributed by atoms with Gasteiger partial charge in [-0.15, -0.1) is 0 Å². The van der Waals surface area contributed by atoms with Crippen LogP contribution < -0.4 is 4.74 Å². The first kappa shape index (κ1) is 16.2. The Hall–Kier alpha value is -1.23. The Morgan fingerprint density at radius 1 is 1.12 bits per heavy atom. The lowest BCUT2D eigenvalue weighted by Crippen LogP contribution is -2.34. The number of nitrogens with zero attached hydrogens (tertiary/aromatic N) is 1. The number of fused-ring (bicyclic) bond motifs is 2. The summed E-state index contributed by atoms with van der Waals surface area (Å²) >= 11 is 7.82. The monoisotopic (exact) mass is 363 g/mol. The van der Waals surface area contributed by atoms with Crippen LogP contribution in [-0.2, 0) is 0 Å². The molecular formula is C19H19ClFNOS. The zero-order chi connectivity index (χ0) is 16.7. The van der Waals surface area contributed by atoms with Crippen molar-refractivity contribution >= 4 is 23.4 Å². The molecule has 0 unspecified atom stereocenters. The number of benzene rings is 2. The van der Waals surface area contributed by atoms with Gasteiger partial charge in [-0.1, -0.05) is 23.4 Å². The van der Waals surface area contributed by atoms with Crippen LogP contribution in [0.3, 0.4) is 0 Å². The second-order valence-electron chi connectivity index (χ2n) is 6.55. The molecule has 0 spiro atoms. The average molecular weight is 364 g/mol. The molecule has 0 radical (unpaired) electrons. The highest BCUT2D eigenvalue weighted by molar-refractivity contribution is 7.99. The van der Waals surface area contributed by atoms with Gasteiger partial charge in [0.15, 0.2) is 0 Å². The topological polar surface area (TPSA) is 12.5 Å². The van der Waals surface area contributed by atoms with Crippen LogP contribution in [0.2, 0.25) is 5.02 Å². The molecule has 0 aliphatic carbocycles. The third kappa shape index (κ3) is 3.15. The van der Waals surface area contributed by atoms with Crippen LogP contribution in [0.4, 0.5) is 4.39 Å². The molecular weight excluding hydrogens is 345 g/mol. The molecule has 24 heavy (non-hydrogen) atoms. The SMILES string of the molecule is CN1CCC([C@@H]2Oc3ccc(F)cc3Sc3ccc(Cl)cc32)CC1. The highest BCUT2D eigenvalue weighted by Crippen LogP contribution is 2.48. The van der Waals surface area contributed by atoms with Gasteiger partial charge in [0.2, 0.25) is 0 Å². The van der Waals surface area contributed by atoms with E-state index in [9.17, 15) is 4.39 Å². The van der Waals surface area contributed by atoms with Gasteiger partial charge < -0.3 is 9.64 Å². The van der Waals surface area contributed by atoms with Gasteiger partial charge in [-0.3, -0.25) is 0 Å². The first-order chi connectivity index (χ1) is 11.6. The average Bonchev–Trinajstić information content (AvgIpc) is 2.72. The third-order valence-corrected chi connectivity index (χ3v) is 6.22. The first-order valence-electron chi connectivity index (χ1n) is 8.22. The van der Waals surface area contributed by atoms with Gasteiger partial charge in [0.1, 0.15) is 17.7 Å². The second-order valence-corrected chi connectivity index (χ2v) is 8.07.